The number of hydrogen-bond donors (Lipinski definition) is 3. The molecule has 7 nitrogen and oxygen atoms in total. The van der Waals surface area contributed by atoms with Crippen LogP contribution in [0.4, 0.5) is 0 Å². The monoisotopic (exact) mass is 439 g/mol. The molecule has 4 atom stereocenters. The minimum atomic E-state index is -0.373. The molecule has 2 aliphatic rings. The minimum Gasteiger partial charge on any atom is -0.508 e. The Morgan fingerprint density at radius 1 is 1.12 bits per heavy atom. The van der Waals surface area contributed by atoms with E-state index in [0.717, 1.165) is 28.9 Å². The highest BCUT2D eigenvalue weighted by Gasteiger charge is 2.55. The first-order valence-corrected chi connectivity index (χ1v) is 11.3. The number of fused-ring (bicyclic) bond motifs is 1. The Balaban J connectivity index is 1.69. The van der Waals surface area contributed by atoms with E-state index >= 15 is 0 Å². The molecular weight excluding hydrogens is 406 g/mol. The number of hydrazine groups is 1. The van der Waals surface area contributed by atoms with Gasteiger partial charge in [-0.2, -0.15) is 0 Å². The van der Waals surface area contributed by atoms with Gasteiger partial charge in [0.25, 0.3) is 0 Å². The summed E-state index contributed by atoms with van der Waals surface area (Å²) in [6.45, 7) is 7.24. The van der Waals surface area contributed by atoms with Crippen LogP contribution in [0.2, 0.25) is 0 Å². The molecule has 4 unspecified atom stereocenters. The van der Waals surface area contributed by atoms with Crippen LogP contribution in [0.5, 0.6) is 11.5 Å². The van der Waals surface area contributed by atoms with Gasteiger partial charge in [-0.1, -0.05) is 29.8 Å². The van der Waals surface area contributed by atoms with Crippen molar-refractivity contribution in [2.24, 2.45) is 5.92 Å². The van der Waals surface area contributed by atoms with Gasteiger partial charge < -0.3 is 19.5 Å². The number of nitrogens with zero attached hydrogens (tertiary/aromatic N) is 1. The zero-order valence-corrected chi connectivity index (χ0v) is 19.2. The number of phenolic OH excluding ortho intramolecular Hbond substituents is 1. The van der Waals surface area contributed by atoms with Crippen molar-refractivity contribution in [1.82, 2.24) is 15.8 Å². The largest absolute Gasteiger partial charge is 0.508 e. The Bertz CT molecular complexity index is 964. The van der Waals surface area contributed by atoms with Crippen LogP contribution in [0.25, 0.3) is 0 Å². The van der Waals surface area contributed by atoms with Crippen LogP contribution in [-0.2, 0) is 9.53 Å². The van der Waals surface area contributed by atoms with E-state index in [2.05, 4.69) is 10.9 Å². The Morgan fingerprint density at radius 2 is 1.91 bits per heavy atom. The first-order valence-electron chi connectivity index (χ1n) is 11.3. The zero-order valence-electron chi connectivity index (χ0n) is 19.2. The lowest BCUT2D eigenvalue weighted by atomic mass is 9.82. The van der Waals surface area contributed by atoms with E-state index < -0.39 is 0 Å². The summed E-state index contributed by atoms with van der Waals surface area (Å²) in [4.78, 5) is 15.4. The Morgan fingerprint density at radius 3 is 2.66 bits per heavy atom. The van der Waals surface area contributed by atoms with E-state index in [1.165, 1.54) is 0 Å². The van der Waals surface area contributed by atoms with Gasteiger partial charge in [0.05, 0.1) is 25.3 Å². The average Bonchev–Trinajstić information content (AvgIpc) is 3.32. The van der Waals surface area contributed by atoms with Crippen molar-refractivity contribution in [1.29, 1.82) is 0 Å². The fourth-order valence-corrected chi connectivity index (χ4v) is 4.92. The predicted molar refractivity (Wildman–Crippen MR) is 122 cm³/mol. The summed E-state index contributed by atoms with van der Waals surface area (Å²) >= 11 is 0. The lowest BCUT2D eigenvalue weighted by molar-refractivity contribution is -0.131. The fraction of sp³-hybridized carbons (Fsp3) is 0.480. The van der Waals surface area contributed by atoms with Crippen LogP contribution in [0.1, 0.15) is 49.0 Å². The highest BCUT2D eigenvalue weighted by atomic mass is 16.5. The van der Waals surface area contributed by atoms with Crippen molar-refractivity contribution in [3.63, 3.8) is 0 Å². The number of nitrogens with one attached hydrogen (secondary N) is 2. The third-order valence-electron chi connectivity index (χ3n) is 6.36. The molecule has 2 aromatic carbocycles. The standard InChI is InChI=1S/C25H33N3O4/c1-15(2)32-12-6-11-28-24(17-7-5-8-18(14-17)31-4)21-22(26-27-23(21)25(28)30)19-13-16(3)9-10-20(19)29/h5,7-10,13-15,21-24,26-27,29H,6,11-12H2,1-4H3. The molecule has 2 heterocycles. The van der Waals surface area contributed by atoms with Gasteiger partial charge in [-0.05, 0) is 51.0 Å². The molecule has 2 aliphatic heterocycles. The molecule has 3 N–H and O–H groups in total. The summed E-state index contributed by atoms with van der Waals surface area (Å²) in [5.74, 6) is 0.967. The van der Waals surface area contributed by atoms with Gasteiger partial charge in [0.1, 0.15) is 17.5 Å². The van der Waals surface area contributed by atoms with Crippen molar-refractivity contribution >= 4 is 5.91 Å². The average molecular weight is 440 g/mol. The molecule has 0 radical (unpaired) electrons. The Kier molecular flexibility index (Phi) is 6.69. The van der Waals surface area contributed by atoms with Crippen LogP contribution in [0, 0.1) is 12.8 Å². The number of carbonyl (C=O) groups is 1. The Hall–Kier alpha value is -2.61. The van der Waals surface area contributed by atoms with E-state index in [0.29, 0.717) is 13.2 Å². The number of aromatic hydroxyl groups is 1. The van der Waals surface area contributed by atoms with Gasteiger partial charge in [-0.25, -0.2) is 10.9 Å². The van der Waals surface area contributed by atoms with Gasteiger partial charge in [-0.3, -0.25) is 4.79 Å². The van der Waals surface area contributed by atoms with Gasteiger partial charge >= 0.3 is 0 Å². The van der Waals surface area contributed by atoms with Crippen molar-refractivity contribution in [3.8, 4) is 11.5 Å². The lowest BCUT2D eigenvalue weighted by Gasteiger charge is -2.32. The number of methoxy groups -OCH3 is 1. The topological polar surface area (TPSA) is 83.1 Å². The van der Waals surface area contributed by atoms with Crippen LogP contribution in [-0.4, -0.2) is 48.3 Å². The number of likely N-dealkylation sites (tertiary alicyclic amines) is 1. The summed E-state index contributed by atoms with van der Waals surface area (Å²) in [6, 6.07) is 12.8. The van der Waals surface area contributed by atoms with E-state index in [-0.39, 0.29) is 41.8 Å². The van der Waals surface area contributed by atoms with Crippen LogP contribution in [0.15, 0.2) is 42.5 Å². The molecule has 0 aromatic heterocycles. The van der Waals surface area contributed by atoms with Crippen LogP contribution >= 0.6 is 0 Å². The third-order valence-corrected chi connectivity index (χ3v) is 6.36. The highest BCUT2D eigenvalue weighted by molar-refractivity contribution is 5.86. The lowest BCUT2D eigenvalue weighted by Crippen LogP contribution is -2.41. The Labute approximate surface area is 189 Å². The quantitative estimate of drug-likeness (QED) is 0.548. The number of phenols is 1. The molecule has 0 saturated carbocycles. The van der Waals surface area contributed by atoms with Crippen molar-refractivity contribution in [3.05, 3.63) is 59.2 Å². The maximum atomic E-state index is 13.5. The maximum absolute atomic E-state index is 13.5. The molecule has 2 fully saturated rings. The van der Waals surface area contributed by atoms with E-state index in [1.807, 2.05) is 62.1 Å². The van der Waals surface area contributed by atoms with Crippen molar-refractivity contribution < 1.29 is 19.4 Å². The van der Waals surface area contributed by atoms with Crippen LogP contribution < -0.4 is 15.6 Å². The van der Waals surface area contributed by atoms with Gasteiger partial charge in [-0.15, -0.1) is 0 Å². The minimum absolute atomic E-state index is 0.0644. The number of carbonyl (C=O) groups excluding carboxylic acids is 1. The molecule has 2 aromatic rings. The maximum Gasteiger partial charge on any atom is 0.242 e. The summed E-state index contributed by atoms with van der Waals surface area (Å²) < 4.78 is 11.2. The number of rotatable bonds is 8. The number of benzene rings is 2. The number of hydrogen-bond acceptors (Lipinski definition) is 6. The first-order chi connectivity index (χ1) is 15.4. The van der Waals surface area contributed by atoms with Gasteiger partial charge in [0.2, 0.25) is 5.91 Å². The normalized spacial score (nSPS) is 24.9. The van der Waals surface area contributed by atoms with Gasteiger partial charge in [0.15, 0.2) is 0 Å². The van der Waals surface area contributed by atoms with Crippen LogP contribution in [0.3, 0.4) is 0 Å². The molecule has 0 aliphatic carbocycles. The smallest absolute Gasteiger partial charge is 0.242 e. The molecule has 4 rings (SSSR count). The number of ether oxygens (including phenoxy) is 2. The predicted octanol–water partition coefficient (Wildman–Crippen LogP) is 3.24. The molecule has 172 valence electrons. The second-order valence-corrected chi connectivity index (χ2v) is 8.91. The molecule has 32 heavy (non-hydrogen) atoms. The molecule has 0 bridgehead atoms. The van der Waals surface area contributed by atoms with Crippen molar-refractivity contribution in [2.45, 2.75) is 51.4 Å². The summed E-state index contributed by atoms with van der Waals surface area (Å²) in [5, 5.41) is 10.6. The van der Waals surface area contributed by atoms with Crippen molar-refractivity contribution in [2.75, 3.05) is 20.3 Å². The highest BCUT2D eigenvalue weighted by Crippen LogP contribution is 2.49. The van der Waals surface area contributed by atoms with Gasteiger partial charge in [0, 0.05) is 24.6 Å². The second-order valence-electron chi connectivity index (χ2n) is 8.91. The fourth-order valence-electron chi connectivity index (χ4n) is 4.92. The molecular formula is C25H33N3O4. The molecule has 1 amide bonds. The second kappa shape index (κ2) is 9.48. The molecule has 7 heteroatoms. The van der Waals surface area contributed by atoms with E-state index in [9.17, 15) is 9.90 Å². The van der Waals surface area contributed by atoms with E-state index in [4.69, 9.17) is 9.47 Å². The summed E-state index contributed by atoms with van der Waals surface area (Å²) in [6.07, 6.45) is 0.926. The SMILES string of the molecule is COc1cccc(C2C3C(NNC3c3cc(C)ccc3O)C(=O)N2CCCOC(C)C)c1. The van der Waals surface area contributed by atoms with E-state index in [1.54, 1.807) is 13.2 Å². The first kappa shape index (κ1) is 22.6. The third kappa shape index (κ3) is 4.33. The zero-order chi connectivity index (χ0) is 22.8. The summed E-state index contributed by atoms with van der Waals surface area (Å²) in [7, 11) is 1.65. The molecule has 2 saturated heterocycles. The summed E-state index contributed by atoms with van der Waals surface area (Å²) in [5.41, 5.74) is 9.40. The number of aryl methyl sites for hydroxylation is 1. The number of amides is 1. The molecule has 0 spiro atoms.